The summed E-state index contributed by atoms with van der Waals surface area (Å²) >= 11 is 0. The van der Waals surface area contributed by atoms with E-state index in [-0.39, 0.29) is 24.0 Å². The van der Waals surface area contributed by atoms with Crippen LogP contribution in [0, 0.1) is 6.92 Å². The summed E-state index contributed by atoms with van der Waals surface area (Å²) in [4.78, 5) is 6.85. The second-order valence-corrected chi connectivity index (χ2v) is 7.39. The highest BCUT2D eigenvalue weighted by Gasteiger charge is 2.11. The van der Waals surface area contributed by atoms with Crippen molar-refractivity contribution < 1.29 is 4.74 Å². The smallest absolute Gasteiger partial charge is 0.191 e. The maximum Gasteiger partial charge on any atom is 0.191 e. The van der Waals surface area contributed by atoms with Gasteiger partial charge in [-0.25, -0.2) is 0 Å². The molecule has 158 valence electrons. The van der Waals surface area contributed by atoms with Crippen LogP contribution in [0.3, 0.4) is 0 Å². The normalized spacial score (nSPS) is 14.4. The second kappa shape index (κ2) is 12.0. The van der Waals surface area contributed by atoms with Gasteiger partial charge in [0, 0.05) is 32.2 Å². The van der Waals surface area contributed by atoms with E-state index in [1.54, 1.807) is 14.2 Å². The van der Waals surface area contributed by atoms with Gasteiger partial charge in [-0.1, -0.05) is 36.4 Å². The number of methoxy groups -OCH3 is 1. The van der Waals surface area contributed by atoms with E-state index in [1.165, 1.54) is 42.6 Å². The number of benzene rings is 2. The van der Waals surface area contributed by atoms with Crippen molar-refractivity contribution >= 4 is 29.9 Å². The molecule has 2 aromatic rings. The molecule has 1 heterocycles. The lowest BCUT2D eigenvalue weighted by Gasteiger charge is -2.16. The predicted molar refractivity (Wildman–Crippen MR) is 131 cm³/mol. The van der Waals surface area contributed by atoms with Crippen molar-refractivity contribution in [1.82, 2.24) is 15.5 Å². The van der Waals surface area contributed by atoms with Gasteiger partial charge in [0.2, 0.25) is 0 Å². The summed E-state index contributed by atoms with van der Waals surface area (Å²) in [7, 11) is 3.50. The Labute approximate surface area is 192 Å². The summed E-state index contributed by atoms with van der Waals surface area (Å²) in [5.74, 6) is 1.68. The molecule has 3 rings (SSSR count). The third kappa shape index (κ3) is 7.19. The van der Waals surface area contributed by atoms with Gasteiger partial charge in [-0.15, -0.1) is 24.0 Å². The van der Waals surface area contributed by atoms with Gasteiger partial charge in [0.05, 0.1) is 7.11 Å². The Hall–Kier alpha value is -1.80. The maximum absolute atomic E-state index is 5.48. The van der Waals surface area contributed by atoms with Gasteiger partial charge in [-0.05, 0) is 55.6 Å². The number of nitrogens with zero attached hydrogens (tertiary/aromatic N) is 2. The number of hydrogen-bond donors (Lipinski definition) is 2. The molecule has 0 aliphatic carbocycles. The number of nitrogens with one attached hydrogen (secondary N) is 2. The summed E-state index contributed by atoms with van der Waals surface area (Å²) in [5.41, 5.74) is 4.94. The minimum atomic E-state index is 0. The SMILES string of the molecule is CN=C(NCc1ccc(CN2CCCC2)cc1)NCc1ccc(C)cc1OC.I. The molecule has 6 heteroatoms. The van der Waals surface area contributed by atoms with Crippen LogP contribution in [0.4, 0.5) is 0 Å². The summed E-state index contributed by atoms with van der Waals surface area (Å²) < 4.78 is 5.48. The molecule has 0 spiro atoms. The molecule has 0 unspecified atom stereocenters. The fourth-order valence-electron chi connectivity index (χ4n) is 3.54. The van der Waals surface area contributed by atoms with E-state index in [0.29, 0.717) is 6.54 Å². The van der Waals surface area contributed by atoms with Gasteiger partial charge in [-0.2, -0.15) is 0 Å². The monoisotopic (exact) mass is 508 g/mol. The molecule has 0 amide bonds. The molecule has 0 radical (unpaired) electrons. The molecule has 1 fully saturated rings. The van der Waals surface area contributed by atoms with Crippen LogP contribution in [-0.2, 0) is 19.6 Å². The van der Waals surface area contributed by atoms with Crippen molar-refractivity contribution in [2.45, 2.75) is 39.4 Å². The summed E-state index contributed by atoms with van der Waals surface area (Å²) in [5, 5.41) is 6.75. The van der Waals surface area contributed by atoms with Crippen LogP contribution in [0.2, 0.25) is 0 Å². The van der Waals surface area contributed by atoms with Crippen molar-refractivity contribution in [2.24, 2.45) is 4.99 Å². The quantitative estimate of drug-likeness (QED) is 0.336. The minimum Gasteiger partial charge on any atom is -0.496 e. The third-order valence-corrected chi connectivity index (χ3v) is 5.20. The molecule has 1 aliphatic heterocycles. The van der Waals surface area contributed by atoms with E-state index < -0.39 is 0 Å². The molecule has 0 bridgehead atoms. The van der Waals surface area contributed by atoms with Crippen LogP contribution in [0.25, 0.3) is 0 Å². The lowest BCUT2D eigenvalue weighted by atomic mass is 10.1. The topological polar surface area (TPSA) is 48.9 Å². The number of ether oxygens (including phenoxy) is 1. The molecular weight excluding hydrogens is 475 g/mol. The highest BCUT2D eigenvalue weighted by atomic mass is 127. The predicted octanol–water partition coefficient (Wildman–Crippen LogP) is 4.08. The van der Waals surface area contributed by atoms with Gasteiger partial charge < -0.3 is 15.4 Å². The molecule has 29 heavy (non-hydrogen) atoms. The van der Waals surface area contributed by atoms with Crippen LogP contribution >= 0.6 is 24.0 Å². The van der Waals surface area contributed by atoms with Gasteiger partial charge in [0.1, 0.15) is 5.75 Å². The summed E-state index contributed by atoms with van der Waals surface area (Å²) in [6, 6.07) is 15.1. The Morgan fingerprint density at radius 1 is 1.00 bits per heavy atom. The van der Waals surface area contributed by atoms with Crippen LogP contribution in [0.1, 0.15) is 35.1 Å². The van der Waals surface area contributed by atoms with E-state index >= 15 is 0 Å². The lowest BCUT2D eigenvalue weighted by molar-refractivity contribution is 0.331. The summed E-state index contributed by atoms with van der Waals surface area (Å²) in [6.07, 6.45) is 2.67. The molecule has 2 aromatic carbocycles. The van der Waals surface area contributed by atoms with E-state index in [2.05, 4.69) is 69.9 Å². The molecule has 0 aromatic heterocycles. The molecule has 0 saturated carbocycles. The van der Waals surface area contributed by atoms with Crippen molar-refractivity contribution in [1.29, 1.82) is 0 Å². The largest absolute Gasteiger partial charge is 0.496 e. The fourth-order valence-corrected chi connectivity index (χ4v) is 3.54. The molecular formula is C23H33IN4O. The molecule has 5 nitrogen and oxygen atoms in total. The van der Waals surface area contributed by atoms with Crippen molar-refractivity contribution in [3.63, 3.8) is 0 Å². The highest BCUT2D eigenvalue weighted by molar-refractivity contribution is 14.0. The standard InChI is InChI=1S/C23H32N4O.HI/c1-18-6-11-21(22(14-18)28-3)16-26-23(24-2)25-15-19-7-9-20(10-8-19)17-27-12-4-5-13-27;/h6-11,14H,4-5,12-13,15-17H2,1-3H3,(H2,24,25,26);1H. The Bertz CT molecular complexity index is 786. The van der Waals surface area contributed by atoms with Crippen LogP contribution in [-0.4, -0.2) is 38.1 Å². The van der Waals surface area contributed by atoms with Crippen LogP contribution < -0.4 is 15.4 Å². The Balaban J connectivity index is 0.00000300. The number of aryl methyl sites for hydroxylation is 1. The summed E-state index contributed by atoms with van der Waals surface area (Å²) in [6.45, 7) is 7.01. The van der Waals surface area contributed by atoms with E-state index in [4.69, 9.17) is 4.74 Å². The first-order valence-corrected chi connectivity index (χ1v) is 10.1. The van der Waals surface area contributed by atoms with Gasteiger partial charge in [0.25, 0.3) is 0 Å². The van der Waals surface area contributed by atoms with Crippen molar-refractivity contribution in [2.75, 3.05) is 27.2 Å². The average molecular weight is 508 g/mol. The Morgan fingerprint density at radius 2 is 1.66 bits per heavy atom. The zero-order valence-electron chi connectivity index (χ0n) is 17.7. The van der Waals surface area contributed by atoms with Gasteiger partial charge in [0.15, 0.2) is 5.96 Å². The number of hydrogen-bond acceptors (Lipinski definition) is 3. The number of aliphatic imine (C=N–C) groups is 1. The Kier molecular flexibility index (Phi) is 9.73. The highest BCUT2D eigenvalue weighted by Crippen LogP contribution is 2.19. The van der Waals surface area contributed by atoms with Gasteiger partial charge in [-0.3, -0.25) is 9.89 Å². The number of rotatable bonds is 7. The Morgan fingerprint density at radius 3 is 2.31 bits per heavy atom. The van der Waals surface area contributed by atoms with E-state index in [0.717, 1.165) is 30.4 Å². The lowest BCUT2D eigenvalue weighted by Crippen LogP contribution is -2.36. The van der Waals surface area contributed by atoms with E-state index in [9.17, 15) is 0 Å². The first kappa shape index (κ1) is 23.5. The number of likely N-dealkylation sites (tertiary alicyclic amines) is 1. The molecule has 0 atom stereocenters. The second-order valence-electron chi connectivity index (χ2n) is 7.39. The number of guanidine groups is 1. The fraction of sp³-hybridized carbons (Fsp3) is 0.435. The third-order valence-electron chi connectivity index (χ3n) is 5.20. The van der Waals surface area contributed by atoms with Crippen molar-refractivity contribution in [3.05, 3.63) is 64.7 Å². The van der Waals surface area contributed by atoms with E-state index in [1.807, 2.05) is 0 Å². The maximum atomic E-state index is 5.48. The van der Waals surface area contributed by atoms with Crippen LogP contribution in [0.5, 0.6) is 5.75 Å². The zero-order valence-corrected chi connectivity index (χ0v) is 20.0. The first-order valence-electron chi connectivity index (χ1n) is 10.1. The molecule has 1 aliphatic rings. The van der Waals surface area contributed by atoms with Gasteiger partial charge >= 0.3 is 0 Å². The minimum absolute atomic E-state index is 0. The number of halogens is 1. The first-order chi connectivity index (χ1) is 13.7. The zero-order chi connectivity index (χ0) is 19.8. The molecule has 1 saturated heterocycles. The average Bonchev–Trinajstić information content (AvgIpc) is 3.23. The van der Waals surface area contributed by atoms with Crippen molar-refractivity contribution in [3.8, 4) is 5.75 Å². The van der Waals surface area contributed by atoms with Crippen LogP contribution in [0.15, 0.2) is 47.5 Å². The molecule has 2 N–H and O–H groups in total.